The number of hydrogen-bond donors (Lipinski definition) is 7. The Morgan fingerprint density at radius 3 is 2.43 bits per heavy atom. The summed E-state index contributed by atoms with van der Waals surface area (Å²) in [6.45, 7) is 1.58. The topological polar surface area (TPSA) is 209 Å². The maximum absolute atomic E-state index is 14.1. The van der Waals surface area contributed by atoms with Crippen LogP contribution in [0.4, 0.5) is 0 Å². The van der Waals surface area contributed by atoms with Crippen LogP contribution in [0.5, 0.6) is 11.5 Å². The molecule has 5 rings (SSSR count). The van der Waals surface area contributed by atoms with Crippen molar-refractivity contribution in [3.8, 4) is 22.6 Å². The lowest BCUT2D eigenvalue weighted by Crippen LogP contribution is -2.59. The second kappa shape index (κ2) is 11.3. The third-order valence-corrected chi connectivity index (χ3v) is 9.24. The fourth-order valence-corrected chi connectivity index (χ4v) is 7.57. The number of primary amides is 2. The van der Waals surface area contributed by atoms with Gasteiger partial charge in [-0.2, -0.15) is 0 Å². The first-order valence-electron chi connectivity index (χ1n) is 14.3. The molecule has 2 aromatic rings. The number of nitrogens with one attached hydrogen (secondary N) is 1. The van der Waals surface area contributed by atoms with Gasteiger partial charge in [0.25, 0.3) is 5.91 Å². The largest absolute Gasteiger partial charge is 0.511 e. The van der Waals surface area contributed by atoms with E-state index in [1.165, 1.54) is 20.1 Å². The van der Waals surface area contributed by atoms with Gasteiger partial charge in [0.15, 0.2) is 5.78 Å². The number of aliphatic hydroxyl groups excluding tert-OH is 2. The van der Waals surface area contributed by atoms with E-state index in [4.69, 9.17) is 16.2 Å². The summed E-state index contributed by atoms with van der Waals surface area (Å²) in [6, 6.07) is 7.88. The average molecular weight is 607 g/mol. The predicted octanol–water partition coefficient (Wildman–Crippen LogP) is 1.44. The van der Waals surface area contributed by atoms with Crippen molar-refractivity contribution in [1.82, 2.24) is 10.2 Å². The molecule has 0 saturated carbocycles. The molecule has 9 N–H and O–H groups in total. The average Bonchev–Trinajstić information content (AvgIpc) is 2.91. The number of phenolic OH excluding ortho intramolecular Hbond substituents is 1. The number of Topliss-reactive ketones (excluding diaryl/α,β-unsaturated/α-hetero) is 1. The minimum absolute atomic E-state index is 0.0224. The highest BCUT2D eigenvalue weighted by atomic mass is 16.5. The van der Waals surface area contributed by atoms with Crippen LogP contribution in [0.25, 0.3) is 11.1 Å². The molecular weight excluding hydrogens is 568 g/mol. The number of phenols is 1. The Labute approximate surface area is 254 Å². The Hall–Kier alpha value is -4.39. The van der Waals surface area contributed by atoms with Gasteiger partial charge in [0.2, 0.25) is 5.91 Å². The van der Waals surface area contributed by atoms with Crippen molar-refractivity contribution in [2.24, 2.45) is 29.2 Å². The molecule has 0 radical (unpaired) electrons. The summed E-state index contributed by atoms with van der Waals surface area (Å²) in [4.78, 5) is 39.5. The predicted molar refractivity (Wildman–Crippen MR) is 161 cm³/mol. The van der Waals surface area contributed by atoms with Gasteiger partial charge in [-0.05, 0) is 80.6 Å². The quantitative estimate of drug-likeness (QED) is 0.230. The second-order valence-electron chi connectivity index (χ2n) is 12.2. The molecule has 2 aromatic carbocycles. The van der Waals surface area contributed by atoms with Gasteiger partial charge in [-0.15, -0.1) is 0 Å². The number of nitrogens with two attached hydrogens (primary N) is 2. The van der Waals surface area contributed by atoms with E-state index in [1.807, 2.05) is 12.1 Å². The number of aromatic hydroxyl groups is 1. The smallest absolute Gasteiger partial charge is 0.251 e. The molecule has 0 fully saturated rings. The van der Waals surface area contributed by atoms with Crippen LogP contribution in [0.1, 0.15) is 34.8 Å². The molecule has 12 nitrogen and oxygen atoms in total. The first-order chi connectivity index (χ1) is 20.7. The van der Waals surface area contributed by atoms with Crippen molar-refractivity contribution < 1.29 is 39.5 Å². The Morgan fingerprint density at radius 1 is 1.11 bits per heavy atom. The molecular formula is C32H38N4O8. The summed E-state index contributed by atoms with van der Waals surface area (Å²) in [5, 5.41) is 48.3. The minimum atomic E-state index is -2.05. The molecule has 3 aliphatic carbocycles. The zero-order chi connectivity index (χ0) is 32.2. The van der Waals surface area contributed by atoms with Gasteiger partial charge in [0.05, 0.1) is 36.8 Å². The first kappa shape index (κ1) is 31.0. The third-order valence-electron chi connectivity index (χ3n) is 9.24. The van der Waals surface area contributed by atoms with E-state index in [2.05, 4.69) is 5.32 Å². The molecule has 4 unspecified atom stereocenters. The van der Waals surface area contributed by atoms with Gasteiger partial charge in [-0.1, -0.05) is 12.1 Å². The lowest BCUT2D eigenvalue weighted by molar-refractivity contribution is -0.121. The number of aliphatic hydroxyl groups is 3. The second-order valence-corrected chi connectivity index (χ2v) is 12.2. The van der Waals surface area contributed by atoms with Crippen LogP contribution in [-0.4, -0.2) is 82.3 Å². The van der Waals surface area contributed by atoms with Crippen LogP contribution < -0.4 is 21.5 Å². The minimum Gasteiger partial charge on any atom is -0.511 e. The first-order valence-corrected chi connectivity index (χ1v) is 14.3. The molecule has 3 aliphatic rings. The van der Waals surface area contributed by atoms with E-state index in [0.717, 1.165) is 11.1 Å². The van der Waals surface area contributed by atoms with Crippen LogP contribution in [0.15, 0.2) is 53.0 Å². The van der Waals surface area contributed by atoms with Crippen molar-refractivity contribution in [1.29, 1.82) is 0 Å². The lowest BCUT2D eigenvalue weighted by atomic mass is 9.56. The maximum atomic E-state index is 14.1. The number of ether oxygens (including phenoxy) is 1. The number of allylic oxidation sites excluding steroid dienone is 1. The van der Waals surface area contributed by atoms with Crippen molar-refractivity contribution in [3.05, 3.63) is 69.7 Å². The highest BCUT2D eigenvalue weighted by molar-refractivity contribution is 6.14. The molecule has 5 atom stereocenters. The Balaban J connectivity index is 1.63. The van der Waals surface area contributed by atoms with E-state index in [0.29, 0.717) is 29.8 Å². The summed E-state index contributed by atoms with van der Waals surface area (Å²) < 4.78 is 5.49. The number of likely N-dealkylation sites (N-methyl/N-ethyl adjacent to an activating group) is 1. The zero-order valence-corrected chi connectivity index (χ0v) is 25.0. The Bertz CT molecular complexity index is 1630. The van der Waals surface area contributed by atoms with Crippen LogP contribution in [0, 0.1) is 17.8 Å². The Morgan fingerprint density at radius 2 is 1.82 bits per heavy atom. The molecule has 0 heterocycles. The summed E-state index contributed by atoms with van der Waals surface area (Å²) >= 11 is 0. The number of methoxy groups -OCH3 is 1. The van der Waals surface area contributed by atoms with Gasteiger partial charge in [-0.25, -0.2) is 0 Å². The van der Waals surface area contributed by atoms with E-state index >= 15 is 0 Å². The molecule has 0 bridgehead atoms. The number of benzene rings is 2. The number of nitrogens with zero attached hydrogens (tertiary/aromatic N) is 1. The number of fused-ring (bicyclic) bond motifs is 3. The number of carbonyl (C=O) groups is 3. The number of amides is 2. The molecule has 234 valence electrons. The molecule has 0 aliphatic heterocycles. The fourth-order valence-electron chi connectivity index (χ4n) is 7.57. The summed E-state index contributed by atoms with van der Waals surface area (Å²) in [5.74, 6) is -4.67. The van der Waals surface area contributed by atoms with Crippen molar-refractivity contribution in [2.75, 3.05) is 27.7 Å². The van der Waals surface area contributed by atoms with Crippen LogP contribution >= 0.6 is 0 Å². The number of hydrogen-bond acceptors (Lipinski definition) is 10. The Kier molecular flexibility index (Phi) is 7.95. The maximum Gasteiger partial charge on any atom is 0.251 e. The van der Waals surface area contributed by atoms with E-state index < -0.39 is 52.6 Å². The van der Waals surface area contributed by atoms with Crippen LogP contribution in [-0.2, 0) is 22.6 Å². The molecule has 0 aromatic heterocycles. The number of rotatable bonds is 8. The van der Waals surface area contributed by atoms with Crippen molar-refractivity contribution in [2.45, 2.75) is 38.0 Å². The van der Waals surface area contributed by atoms with Gasteiger partial charge < -0.3 is 41.9 Å². The van der Waals surface area contributed by atoms with E-state index in [9.17, 15) is 34.8 Å². The van der Waals surface area contributed by atoms with Gasteiger partial charge in [0.1, 0.15) is 28.6 Å². The molecule has 0 spiro atoms. The van der Waals surface area contributed by atoms with Crippen molar-refractivity contribution >= 4 is 17.6 Å². The SMILES string of the molecule is COc1ccc(-c2ccc(O)c3c2CC2CC4C(C(O)=C2C3=O)C(C)(O)C(C(N)=O)=C(O)[C@H]4N(C)C)cc1CNCC(N)=O. The van der Waals surface area contributed by atoms with E-state index in [-0.39, 0.29) is 41.4 Å². The number of carbonyl (C=O) groups excluding carboxylic acids is 3. The summed E-state index contributed by atoms with van der Waals surface area (Å²) in [7, 11) is 4.96. The van der Waals surface area contributed by atoms with E-state index in [1.54, 1.807) is 31.1 Å². The summed E-state index contributed by atoms with van der Waals surface area (Å²) in [6.07, 6.45) is 0.578. The van der Waals surface area contributed by atoms with Crippen LogP contribution in [0.2, 0.25) is 0 Å². The molecule has 2 amide bonds. The van der Waals surface area contributed by atoms with Gasteiger partial charge in [-0.3, -0.25) is 19.3 Å². The summed E-state index contributed by atoms with van der Waals surface area (Å²) in [5.41, 5.74) is 11.3. The highest BCUT2D eigenvalue weighted by Gasteiger charge is 2.59. The highest BCUT2D eigenvalue weighted by Crippen LogP contribution is 2.55. The molecule has 0 saturated heterocycles. The molecule has 12 heteroatoms. The van der Waals surface area contributed by atoms with Gasteiger partial charge in [0, 0.05) is 17.7 Å². The lowest BCUT2D eigenvalue weighted by Gasteiger charge is -2.52. The van der Waals surface area contributed by atoms with Gasteiger partial charge >= 0.3 is 0 Å². The van der Waals surface area contributed by atoms with Crippen LogP contribution in [0.3, 0.4) is 0 Å². The standard InChI is InChI=1S/C32H38N4O8/c1-32(43)25-19(27(36(2)3)30(41)26(32)31(34)42)11-15-10-18-17(6-7-20(37)24(18)28(39)23(15)29(25)40)14-5-8-21(44-4)16(9-14)12-35-13-22(33)38/h5-9,15,19,25,27,35,37,40-41,43H,10-13H2,1-4H3,(H2,33,38)(H2,34,42)/t15?,19?,25?,27-,32?/m0/s1. The normalized spacial score (nSPS) is 26.3. The number of ketones is 1. The fraction of sp³-hybridized carbons (Fsp3) is 0.406. The van der Waals surface area contributed by atoms with Crippen molar-refractivity contribution in [3.63, 3.8) is 0 Å². The third kappa shape index (κ3) is 4.88. The monoisotopic (exact) mass is 606 g/mol. The zero-order valence-electron chi connectivity index (χ0n) is 25.0. The molecule has 44 heavy (non-hydrogen) atoms.